The molecular weight excluding hydrogens is 548 g/mol. The summed E-state index contributed by atoms with van der Waals surface area (Å²) < 4.78 is 47.8. The first kappa shape index (κ1) is 32.2. The van der Waals surface area contributed by atoms with Gasteiger partial charge in [0.2, 0.25) is 0 Å². The summed E-state index contributed by atoms with van der Waals surface area (Å²) in [5.74, 6) is 3.57. The summed E-state index contributed by atoms with van der Waals surface area (Å²) in [5, 5.41) is 0. The van der Waals surface area contributed by atoms with Crippen LogP contribution in [0.5, 0.6) is 0 Å². The lowest BCUT2D eigenvalue weighted by Gasteiger charge is -2.58. The van der Waals surface area contributed by atoms with E-state index in [1.54, 1.807) is 24.8 Å². The van der Waals surface area contributed by atoms with Crippen LogP contribution in [0, 0.1) is 47.3 Å². The van der Waals surface area contributed by atoms with E-state index in [9.17, 15) is 8.42 Å². The van der Waals surface area contributed by atoms with Gasteiger partial charge in [0.05, 0.1) is 17.6 Å². The lowest BCUT2D eigenvalue weighted by atomic mass is 9.47. The van der Waals surface area contributed by atoms with Crippen molar-refractivity contribution in [2.75, 3.05) is 20.3 Å². The molecule has 0 amide bonds. The zero-order valence-corrected chi connectivity index (χ0v) is 27.6. The van der Waals surface area contributed by atoms with Crippen LogP contribution in [-0.4, -0.2) is 41.3 Å². The van der Waals surface area contributed by atoms with Crippen LogP contribution in [0.3, 0.4) is 0 Å². The monoisotopic (exact) mass is 602 g/mol. The molecule has 6 nitrogen and oxygen atoms in total. The Labute approximate surface area is 255 Å². The van der Waals surface area contributed by atoms with E-state index in [0.29, 0.717) is 23.9 Å². The van der Waals surface area contributed by atoms with Crippen molar-refractivity contribution in [2.24, 2.45) is 40.4 Å². The zero-order chi connectivity index (χ0) is 30.1. The Bertz CT molecular complexity index is 1190. The average molecular weight is 603 g/mol. The molecule has 1 unspecified atom stereocenters. The Kier molecular flexibility index (Phi) is 9.95. The molecule has 3 fully saturated rings. The summed E-state index contributed by atoms with van der Waals surface area (Å²) in [6.45, 7) is 11.7. The Hall–Kier alpha value is -1.25. The molecule has 236 valence electrons. The zero-order valence-electron chi connectivity index (χ0n) is 26.8. The van der Waals surface area contributed by atoms with Crippen molar-refractivity contribution >= 4 is 10.1 Å². The normalized spacial score (nSPS) is 36.0. The second-order valence-corrected chi connectivity index (χ2v) is 15.8. The fraction of sp³-hybridized carbons (Fsp3) is 0.771. The van der Waals surface area contributed by atoms with E-state index in [-0.39, 0.29) is 23.0 Å². The average Bonchev–Trinajstić information content (AvgIpc) is 3.32. The third-order valence-corrected chi connectivity index (χ3v) is 13.3. The lowest BCUT2D eigenvalue weighted by Crippen LogP contribution is -2.51. The number of ether oxygens (including phenoxy) is 3. The molecule has 0 radical (unpaired) electrons. The van der Waals surface area contributed by atoms with Gasteiger partial charge >= 0.3 is 0 Å². The van der Waals surface area contributed by atoms with Crippen LogP contribution in [0.2, 0.25) is 0 Å². The molecule has 4 aliphatic rings. The summed E-state index contributed by atoms with van der Waals surface area (Å²) in [6.07, 6.45) is 14.2. The highest BCUT2D eigenvalue weighted by Gasteiger charge is 2.59. The van der Waals surface area contributed by atoms with Crippen LogP contribution in [0.15, 0.2) is 40.8 Å². The highest BCUT2D eigenvalue weighted by atomic mass is 32.2. The molecule has 1 aromatic carbocycles. The summed E-state index contributed by atoms with van der Waals surface area (Å²) in [5.41, 5.74) is 3.30. The number of methoxy groups -OCH3 is 1. The van der Waals surface area contributed by atoms with Gasteiger partial charge in [-0.05, 0) is 131 Å². The highest BCUT2D eigenvalue weighted by molar-refractivity contribution is 7.86. The SMILES string of the molecule is CCOC(OC)O[C@H]1CC[C@@]2(C)C(=CC[C@H]3[C@@H]4CC[C@H]([C@H](C)CCCOS(=O)(=O)c5ccc(C)cc5)[C@@]4(C)CC[C@@H]32)C1. The fourth-order valence-electron chi connectivity index (χ4n) is 9.72. The number of hydrogen-bond acceptors (Lipinski definition) is 6. The maximum absolute atomic E-state index is 12.6. The van der Waals surface area contributed by atoms with E-state index < -0.39 is 16.6 Å². The molecule has 5 rings (SSSR count). The first-order valence-corrected chi connectivity index (χ1v) is 17.9. The van der Waals surface area contributed by atoms with Gasteiger partial charge in [0.15, 0.2) is 0 Å². The van der Waals surface area contributed by atoms with Crippen molar-refractivity contribution in [3.8, 4) is 0 Å². The van der Waals surface area contributed by atoms with Crippen molar-refractivity contribution in [1.29, 1.82) is 0 Å². The van der Waals surface area contributed by atoms with Gasteiger partial charge in [0.25, 0.3) is 16.6 Å². The van der Waals surface area contributed by atoms with E-state index in [0.717, 1.165) is 49.0 Å². The molecule has 42 heavy (non-hydrogen) atoms. The van der Waals surface area contributed by atoms with Crippen molar-refractivity contribution in [2.45, 2.75) is 116 Å². The molecule has 0 spiro atoms. The second-order valence-electron chi connectivity index (χ2n) is 14.2. The third-order valence-electron chi connectivity index (χ3n) is 12.0. The Morgan fingerprint density at radius 1 is 1.02 bits per heavy atom. The first-order valence-electron chi connectivity index (χ1n) is 16.5. The van der Waals surface area contributed by atoms with Gasteiger partial charge in [-0.15, -0.1) is 0 Å². The molecule has 0 heterocycles. The molecule has 9 atom stereocenters. The Morgan fingerprint density at radius 3 is 2.50 bits per heavy atom. The smallest absolute Gasteiger partial charge is 0.296 e. The van der Waals surface area contributed by atoms with Crippen molar-refractivity contribution in [3.05, 3.63) is 41.5 Å². The van der Waals surface area contributed by atoms with E-state index >= 15 is 0 Å². The standard InChI is InChI=1S/C35H54O6S/c1-7-39-33(38-6)41-27-18-20-34(4)26(23-27)12-15-29-31-17-16-30(35(31,5)21-19-32(29)34)25(3)9-8-22-40-42(36,37)28-13-10-24(2)11-14-28/h10-14,25,27,29-33H,7-9,15-23H2,1-6H3/t25-,27+,29+,30-,31+,32+,33?,34+,35-/m1/s1. The van der Waals surface area contributed by atoms with Gasteiger partial charge in [-0.2, -0.15) is 8.42 Å². The van der Waals surface area contributed by atoms with Gasteiger partial charge in [-0.25, -0.2) is 0 Å². The maximum Gasteiger partial charge on any atom is 0.296 e. The molecular formula is C35H54O6S. The lowest BCUT2D eigenvalue weighted by molar-refractivity contribution is -0.295. The number of fused-ring (bicyclic) bond motifs is 5. The Balaban J connectivity index is 1.17. The van der Waals surface area contributed by atoms with Gasteiger partial charge in [-0.1, -0.05) is 50.1 Å². The predicted molar refractivity (Wildman–Crippen MR) is 165 cm³/mol. The number of benzene rings is 1. The quantitative estimate of drug-likeness (QED) is 0.104. The fourth-order valence-corrected chi connectivity index (χ4v) is 10.7. The van der Waals surface area contributed by atoms with Crippen LogP contribution >= 0.6 is 0 Å². The molecule has 0 saturated heterocycles. The van der Waals surface area contributed by atoms with Crippen LogP contribution < -0.4 is 0 Å². The first-order chi connectivity index (χ1) is 20.0. The summed E-state index contributed by atoms with van der Waals surface area (Å²) >= 11 is 0. The van der Waals surface area contributed by atoms with E-state index in [1.165, 1.54) is 38.5 Å². The van der Waals surface area contributed by atoms with Gasteiger partial charge in [0.1, 0.15) is 0 Å². The van der Waals surface area contributed by atoms with Crippen molar-refractivity contribution < 1.29 is 26.8 Å². The maximum atomic E-state index is 12.6. The Morgan fingerprint density at radius 2 is 1.79 bits per heavy atom. The van der Waals surface area contributed by atoms with E-state index in [4.69, 9.17) is 18.4 Å². The highest BCUT2D eigenvalue weighted by Crippen LogP contribution is 2.67. The molecule has 4 aliphatic carbocycles. The molecule has 3 saturated carbocycles. The van der Waals surface area contributed by atoms with Crippen LogP contribution in [-0.2, 0) is 28.5 Å². The van der Waals surface area contributed by atoms with Gasteiger partial charge < -0.3 is 14.2 Å². The predicted octanol–water partition coefficient (Wildman–Crippen LogP) is 8.05. The van der Waals surface area contributed by atoms with E-state index in [2.05, 4.69) is 26.8 Å². The van der Waals surface area contributed by atoms with Gasteiger partial charge in [-0.3, -0.25) is 4.18 Å². The summed E-state index contributed by atoms with van der Waals surface area (Å²) in [4.78, 5) is 0.244. The van der Waals surface area contributed by atoms with Crippen LogP contribution in [0.1, 0.15) is 97.5 Å². The van der Waals surface area contributed by atoms with Crippen LogP contribution in [0.4, 0.5) is 0 Å². The molecule has 7 heteroatoms. The third kappa shape index (κ3) is 6.28. The summed E-state index contributed by atoms with van der Waals surface area (Å²) in [6, 6.07) is 6.89. The van der Waals surface area contributed by atoms with E-state index in [1.807, 2.05) is 26.0 Å². The molecule has 0 bridgehead atoms. The number of allylic oxidation sites excluding steroid dienone is 1. The summed E-state index contributed by atoms with van der Waals surface area (Å²) in [7, 11) is -2.04. The minimum absolute atomic E-state index is 0.166. The number of hydrogen-bond donors (Lipinski definition) is 0. The minimum Gasteiger partial charge on any atom is -0.333 e. The molecule has 0 aromatic heterocycles. The topological polar surface area (TPSA) is 71.1 Å². The number of aryl methyl sites for hydroxylation is 1. The van der Waals surface area contributed by atoms with Crippen molar-refractivity contribution in [1.82, 2.24) is 0 Å². The van der Waals surface area contributed by atoms with Crippen molar-refractivity contribution in [3.63, 3.8) is 0 Å². The van der Waals surface area contributed by atoms with Crippen LogP contribution in [0.25, 0.3) is 0 Å². The van der Waals surface area contributed by atoms with Gasteiger partial charge in [0, 0.05) is 13.7 Å². The largest absolute Gasteiger partial charge is 0.333 e. The number of rotatable bonds is 12. The second kappa shape index (κ2) is 13.0. The molecule has 0 aliphatic heterocycles. The minimum atomic E-state index is -3.69. The molecule has 1 aromatic rings. The molecule has 0 N–H and O–H groups in total.